The second-order valence-electron chi connectivity index (χ2n) is 7.95. The number of hydrazine groups is 1. The molecule has 0 radical (unpaired) electrons. The number of nitrogen functional groups attached to an aromatic ring is 1. The maximum atomic E-state index is 12.3. The fourth-order valence-corrected chi connectivity index (χ4v) is 3.38. The van der Waals surface area contributed by atoms with Gasteiger partial charge < -0.3 is 10.4 Å². The normalized spacial score (nSPS) is 11.3. The van der Waals surface area contributed by atoms with Gasteiger partial charge in [-0.05, 0) is 48.5 Å². The van der Waals surface area contributed by atoms with Gasteiger partial charge in [0, 0.05) is 46.7 Å². The lowest BCUT2D eigenvalue weighted by atomic mass is 10.0. The molecule has 2 aromatic heterocycles. The van der Waals surface area contributed by atoms with Crippen LogP contribution in [0.1, 0.15) is 28.4 Å². The monoisotopic (exact) mass is 465 g/mol. The molecule has 0 aliphatic carbocycles. The van der Waals surface area contributed by atoms with Gasteiger partial charge in [0.15, 0.2) is 0 Å². The molecular formula is C27H23N5O3. The summed E-state index contributed by atoms with van der Waals surface area (Å²) in [6.07, 6.45) is 3.22. The number of amides is 1. The lowest BCUT2D eigenvalue weighted by Gasteiger charge is -2.09. The van der Waals surface area contributed by atoms with E-state index in [9.17, 15) is 9.59 Å². The SMILES string of the molecule is CC(CNc1ccc(C#Cc2ccc(-c3cc(C(=O)NN)c4cnccc4n3)cc2)cc1)C(=O)O. The molecule has 1 atom stereocenters. The van der Waals surface area contributed by atoms with Crippen LogP contribution in [0.15, 0.2) is 73.1 Å². The Morgan fingerprint density at radius 2 is 1.69 bits per heavy atom. The van der Waals surface area contributed by atoms with Crippen LogP contribution in [0.25, 0.3) is 22.2 Å². The Hall–Kier alpha value is -4.74. The number of nitrogens with two attached hydrogens (primary N) is 1. The first-order chi connectivity index (χ1) is 16.9. The van der Waals surface area contributed by atoms with Crippen molar-refractivity contribution in [3.63, 3.8) is 0 Å². The lowest BCUT2D eigenvalue weighted by Crippen LogP contribution is -2.30. The van der Waals surface area contributed by atoms with E-state index in [0.29, 0.717) is 28.7 Å². The number of benzene rings is 2. The summed E-state index contributed by atoms with van der Waals surface area (Å²) < 4.78 is 0. The first-order valence-electron chi connectivity index (χ1n) is 10.9. The van der Waals surface area contributed by atoms with Gasteiger partial charge in [0.05, 0.1) is 22.7 Å². The Kier molecular flexibility index (Phi) is 7.00. The number of nitrogens with zero attached hydrogens (tertiary/aromatic N) is 2. The number of hydrogen-bond acceptors (Lipinski definition) is 6. The molecule has 8 nitrogen and oxygen atoms in total. The summed E-state index contributed by atoms with van der Waals surface area (Å²) in [4.78, 5) is 31.9. The smallest absolute Gasteiger partial charge is 0.308 e. The average Bonchev–Trinajstić information content (AvgIpc) is 2.90. The van der Waals surface area contributed by atoms with Gasteiger partial charge >= 0.3 is 5.97 Å². The van der Waals surface area contributed by atoms with E-state index in [1.165, 1.54) is 0 Å². The van der Waals surface area contributed by atoms with Gasteiger partial charge in [-0.3, -0.25) is 20.0 Å². The van der Waals surface area contributed by atoms with E-state index < -0.39 is 17.8 Å². The number of aromatic nitrogens is 2. The molecule has 174 valence electrons. The van der Waals surface area contributed by atoms with Crippen LogP contribution in [0.3, 0.4) is 0 Å². The van der Waals surface area contributed by atoms with Crippen molar-refractivity contribution in [3.05, 3.63) is 89.7 Å². The molecule has 5 N–H and O–H groups in total. The van der Waals surface area contributed by atoms with Gasteiger partial charge in [-0.2, -0.15) is 0 Å². The predicted octanol–water partition coefficient (Wildman–Crippen LogP) is 3.43. The molecule has 4 aromatic rings. The van der Waals surface area contributed by atoms with Crippen LogP contribution in [0.2, 0.25) is 0 Å². The van der Waals surface area contributed by atoms with Crippen LogP contribution in [0.5, 0.6) is 0 Å². The summed E-state index contributed by atoms with van der Waals surface area (Å²) in [6.45, 7) is 2.01. The molecule has 1 amide bonds. The first kappa shape index (κ1) is 23.4. The van der Waals surface area contributed by atoms with Gasteiger partial charge in [0.1, 0.15) is 0 Å². The molecule has 0 aliphatic heterocycles. The van der Waals surface area contributed by atoms with Crippen LogP contribution < -0.4 is 16.6 Å². The van der Waals surface area contributed by atoms with E-state index in [1.54, 1.807) is 31.5 Å². The molecular weight excluding hydrogens is 442 g/mol. The summed E-state index contributed by atoms with van der Waals surface area (Å²) >= 11 is 0. The molecule has 2 aromatic carbocycles. The Balaban J connectivity index is 1.50. The standard InChI is InChI=1S/C27H23N5O3/c1-17(27(34)35)15-30-21-10-6-19(7-11-21)3-2-18-4-8-20(9-5-18)25-14-22(26(33)32-28)23-16-29-13-12-24(23)31-25/h4-14,16-17,30H,15,28H2,1H3,(H,32,33)(H,34,35). The zero-order valence-corrected chi connectivity index (χ0v) is 18.9. The van der Waals surface area contributed by atoms with Crippen molar-refractivity contribution in [1.82, 2.24) is 15.4 Å². The Bertz CT molecular complexity index is 1440. The zero-order chi connectivity index (χ0) is 24.8. The topological polar surface area (TPSA) is 130 Å². The fraction of sp³-hybridized carbons (Fsp3) is 0.111. The van der Waals surface area contributed by atoms with Crippen molar-refractivity contribution in [3.8, 4) is 23.1 Å². The summed E-state index contributed by atoms with van der Waals surface area (Å²) in [6, 6.07) is 18.5. The molecule has 1 unspecified atom stereocenters. The molecule has 4 rings (SSSR count). The second kappa shape index (κ2) is 10.5. The van der Waals surface area contributed by atoms with Gasteiger partial charge in [0.25, 0.3) is 5.91 Å². The maximum absolute atomic E-state index is 12.3. The van der Waals surface area contributed by atoms with E-state index in [4.69, 9.17) is 10.9 Å². The van der Waals surface area contributed by atoms with E-state index in [1.807, 2.05) is 48.5 Å². The number of carbonyl (C=O) groups excluding carboxylic acids is 1. The van der Waals surface area contributed by atoms with Crippen LogP contribution >= 0.6 is 0 Å². The number of fused-ring (bicyclic) bond motifs is 1. The highest BCUT2D eigenvalue weighted by Crippen LogP contribution is 2.24. The summed E-state index contributed by atoms with van der Waals surface area (Å²) in [7, 11) is 0. The number of rotatable bonds is 6. The highest BCUT2D eigenvalue weighted by molar-refractivity contribution is 6.06. The van der Waals surface area contributed by atoms with E-state index >= 15 is 0 Å². The quantitative estimate of drug-likeness (QED) is 0.149. The highest BCUT2D eigenvalue weighted by Gasteiger charge is 2.13. The van der Waals surface area contributed by atoms with Crippen LogP contribution in [0, 0.1) is 17.8 Å². The number of anilines is 1. The number of carbonyl (C=O) groups is 2. The van der Waals surface area contributed by atoms with Crippen molar-refractivity contribution in [2.75, 3.05) is 11.9 Å². The van der Waals surface area contributed by atoms with Crippen molar-refractivity contribution in [2.24, 2.45) is 11.8 Å². The van der Waals surface area contributed by atoms with Crippen molar-refractivity contribution < 1.29 is 14.7 Å². The van der Waals surface area contributed by atoms with Crippen LogP contribution in [-0.4, -0.2) is 33.5 Å². The minimum atomic E-state index is -0.832. The zero-order valence-electron chi connectivity index (χ0n) is 18.9. The lowest BCUT2D eigenvalue weighted by molar-refractivity contribution is -0.140. The Morgan fingerprint density at radius 3 is 2.31 bits per heavy atom. The van der Waals surface area contributed by atoms with Crippen molar-refractivity contribution in [2.45, 2.75) is 6.92 Å². The minimum Gasteiger partial charge on any atom is -0.481 e. The largest absolute Gasteiger partial charge is 0.481 e. The molecule has 0 aliphatic rings. The number of carboxylic acid groups (broad SMARTS) is 1. The van der Waals surface area contributed by atoms with E-state index in [-0.39, 0.29) is 0 Å². The summed E-state index contributed by atoms with van der Waals surface area (Å²) in [5, 5.41) is 12.7. The number of aliphatic carboxylic acids is 1. The number of pyridine rings is 2. The molecule has 0 saturated carbocycles. The second-order valence-corrected chi connectivity index (χ2v) is 7.95. The molecule has 35 heavy (non-hydrogen) atoms. The Morgan fingerprint density at radius 1 is 1.03 bits per heavy atom. The third-order valence-electron chi connectivity index (χ3n) is 5.44. The maximum Gasteiger partial charge on any atom is 0.308 e. The minimum absolute atomic E-state index is 0.355. The highest BCUT2D eigenvalue weighted by atomic mass is 16.4. The van der Waals surface area contributed by atoms with Gasteiger partial charge in [-0.25, -0.2) is 10.8 Å². The number of nitrogens with one attached hydrogen (secondary N) is 2. The molecule has 0 bridgehead atoms. The van der Waals surface area contributed by atoms with Gasteiger partial charge in [-0.1, -0.05) is 30.9 Å². The third kappa shape index (κ3) is 5.61. The van der Waals surface area contributed by atoms with Crippen molar-refractivity contribution in [1.29, 1.82) is 0 Å². The van der Waals surface area contributed by atoms with E-state index in [2.05, 4.69) is 32.6 Å². The molecule has 0 fully saturated rings. The average molecular weight is 466 g/mol. The van der Waals surface area contributed by atoms with Gasteiger partial charge in [0.2, 0.25) is 0 Å². The third-order valence-corrected chi connectivity index (χ3v) is 5.44. The molecule has 0 saturated heterocycles. The first-order valence-corrected chi connectivity index (χ1v) is 10.9. The molecule has 0 spiro atoms. The molecule has 2 heterocycles. The van der Waals surface area contributed by atoms with Crippen LogP contribution in [0.4, 0.5) is 5.69 Å². The van der Waals surface area contributed by atoms with Gasteiger partial charge in [-0.15, -0.1) is 0 Å². The Labute approximate surface area is 202 Å². The number of hydrogen-bond donors (Lipinski definition) is 4. The predicted molar refractivity (Wildman–Crippen MR) is 134 cm³/mol. The summed E-state index contributed by atoms with van der Waals surface area (Å²) in [5.74, 6) is 9.90. The fourth-order valence-electron chi connectivity index (χ4n) is 3.38. The molecule has 8 heteroatoms. The van der Waals surface area contributed by atoms with Crippen molar-refractivity contribution >= 4 is 28.5 Å². The van der Waals surface area contributed by atoms with E-state index in [0.717, 1.165) is 22.4 Å². The summed E-state index contributed by atoms with van der Waals surface area (Å²) in [5.41, 5.74) is 7.22. The number of carboxylic acids is 1. The van der Waals surface area contributed by atoms with Crippen LogP contribution in [-0.2, 0) is 4.79 Å².